The lowest BCUT2D eigenvalue weighted by atomic mass is 10.1. The van der Waals surface area contributed by atoms with Gasteiger partial charge in [-0.15, -0.1) is 0 Å². The molecule has 7 nitrogen and oxygen atoms in total. The zero-order valence-electron chi connectivity index (χ0n) is 15.2. The molecule has 4 aliphatic heterocycles. The summed E-state index contributed by atoms with van der Waals surface area (Å²) in [6.07, 6.45) is 6.80. The van der Waals surface area contributed by atoms with Gasteiger partial charge in [-0.1, -0.05) is 18.2 Å². The second-order valence-corrected chi connectivity index (χ2v) is 7.72. The first-order chi connectivity index (χ1) is 13.1. The minimum atomic E-state index is -0.463. The summed E-state index contributed by atoms with van der Waals surface area (Å²) in [6.45, 7) is 1.06. The van der Waals surface area contributed by atoms with Gasteiger partial charge in [-0.05, 0) is 44.6 Å². The van der Waals surface area contributed by atoms with E-state index in [4.69, 9.17) is 0 Å². The number of benzene rings is 1. The van der Waals surface area contributed by atoms with Crippen LogP contribution in [0.25, 0.3) is 0 Å². The van der Waals surface area contributed by atoms with E-state index in [1.807, 2.05) is 30.4 Å². The molecule has 0 aliphatic carbocycles. The summed E-state index contributed by atoms with van der Waals surface area (Å²) in [7, 11) is 2.12. The quantitative estimate of drug-likeness (QED) is 0.761. The lowest BCUT2D eigenvalue weighted by molar-refractivity contribution is -0.121. The van der Waals surface area contributed by atoms with Gasteiger partial charge in [-0.3, -0.25) is 19.5 Å². The summed E-state index contributed by atoms with van der Waals surface area (Å²) in [4.78, 5) is 34.9. The average Bonchev–Trinajstić information content (AvgIpc) is 3.22. The number of rotatable bonds is 1. The molecule has 4 aliphatic rings. The number of allylic oxidation sites excluding steroid dienone is 1. The minimum Gasteiger partial charge on any atom is -0.342 e. The number of para-hydroxylation sites is 1. The number of dihydropyridines is 1. The molecule has 4 heterocycles. The number of fused-ring (bicyclic) bond motifs is 3. The number of nitrogens with one attached hydrogen (secondary N) is 2. The van der Waals surface area contributed by atoms with Gasteiger partial charge >= 0.3 is 0 Å². The Bertz CT molecular complexity index is 851. The van der Waals surface area contributed by atoms with E-state index in [0.29, 0.717) is 23.3 Å². The maximum absolute atomic E-state index is 13.6. The van der Waals surface area contributed by atoms with E-state index in [2.05, 4.69) is 27.6 Å². The van der Waals surface area contributed by atoms with Crippen LogP contribution < -0.4 is 15.5 Å². The van der Waals surface area contributed by atoms with E-state index in [0.717, 1.165) is 19.4 Å². The molecular formula is C20H23N5O2. The van der Waals surface area contributed by atoms with E-state index in [9.17, 15) is 9.59 Å². The zero-order chi connectivity index (χ0) is 18.5. The second kappa shape index (κ2) is 6.28. The molecular weight excluding hydrogens is 342 g/mol. The van der Waals surface area contributed by atoms with E-state index >= 15 is 0 Å². The Morgan fingerprint density at radius 1 is 1.30 bits per heavy atom. The normalized spacial score (nSPS) is 34.6. The van der Waals surface area contributed by atoms with Crippen LogP contribution in [0.4, 0.5) is 5.69 Å². The molecule has 2 N–H and O–H groups in total. The van der Waals surface area contributed by atoms with Gasteiger partial charge in [0, 0.05) is 18.3 Å². The first-order valence-corrected chi connectivity index (χ1v) is 9.53. The summed E-state index contributed by atoms with van der Waals surface area (Å²) in [5.41, 5.74) is 1.14. The van der Waals surface area contributed by atoms with Gasteiger partial charge < -0.3 is 15.5 Å². The van der Waals surface area contributed by atoms with E-state index in [1.54, 1.807) is 17.2 Å². The van der Waals surface area contributed by atoms with Gasteiger partial charge in [0.25, 0.3) is 5.91 Å². The van der Waals surface area contributed by atoms with Crippen LogP contribution in [0.1, 0.15) is 23.2 Å². The highest BCUT2D eigenvalue weighted by atomic mass is 16.2. The van der Waals surface area contributed by atoms with Gasteiger partial charge in [0.1, 0.15) is 0 Å². The smallest absolute Gasteiger partial charge is 0.254 e. The number of likely N-dealkylation sites (tertiary alicyclic amines) is 1. The van der Waals surface area contributed by atoms with Crippen LogP contribution in [0.5, 0.6) is 0 Å². The van der Waals surface area contributed by atoms with Crippen molar-refractivity contribution in [2.45, 2.75) is 43.2 Å². The van der Waals surface area contributed by atoms with Gasteiger partial charge in [0.2, 0.25) is 5.91 Å². The maximum atomic E-state index is 13.6. The molecule has 2 fully saturated rings. The van der Waals surface area contributed by atoms with Crippen molar-refractivity contribution in [2.75, 3.05) is 18.5 Å². The van der Waals surface area contributed by atoms with Crippen LogP contribution in [0.15, 0.2) is 41.4 Å². The van der Waals surface area contributed by atoms with Gasteiger partial charge in [-0.2, -0.15) is 0 Å². The molecule has 140 valence electrons. The molecule has 1 aromatic carbocycles. The van der Waals surface area contributed by atoms with E-state index in [1.165, 1.54) is 0 Å². The van der Waals surface area contributed by atoms with Crippen molar-refractivity contribution in [3.8, 4) is 0 Å². The Balaban J connectivity index is 1.53. The molecule has 0 bridgehead atoms. The third-order valence-electron chi connectivity index (χ3n) is 6.19. The van der Waals surface area contributed by atoms with Crippen LogP contribution in [0.3, 0.4) is 0 Å². The molecule has 2 saturated heterocycles. The van der Waals surface area contributed by atoms with Crippen molar-refractivity contribution in [2.24, 2.45) is 4.99 Å². The highest BCUT2D eigenvalue weighted by Gasteiger charge is 2.46. The van der Waals surface area contributed by atoms with Crippen molar-refractivity contribution in [3.05, 3.63) is 42.0 Å². The summed E-state index contributed by atoms with van der Waals surface area (Å²) >= 11 is 0. The van der Waals surface area contributed by atoms with E-state index < -0.39 is 6.17 Å². The summed E-state index contributed by atoms with van der Waals surface area (Å²) in [5, 5.41) is 6.53. The molecule has 5 atom stereocenters. The average molecular weight is 365 g/mol. The number of carbonyl (C=O) groups is 2. The number of likely N-dealkylation sites (N-methyl/N-ethyl adjacent to an activating group) is 1. The highest BCUT2D eigenvalue weighted by molar-refractivity contribution is 6.08. The van der Waals surface area contributed by atoms with Crippen molar-refractivity contribution in [1.82, 2.24) is 15.5 Å². The number of hydrogen-bond acceptors (Lipinski definition) is 5. The number of anilines is 1. The number of hydrogen-bond donors (Lipinski definition) is 2. The van der Waals surface area contributed by atoms with Crippen LogP contribution in [-0.4, -0.2) is 66.9 Å². The fraction of sp³-hybridized carbons (Fsp3) is 0.450. The van der Waals surface area contributed by atoms with Gasteiger partial charge in [0.15, 0.2) is 6.17 Å². The predicted octanol–water partition coefficient (Wildman–Crippen LogP) is 0.533. The Morgan fingerprint density at radius 3 is 3.00 bits per heavy atom. The largest absolute Gasteiger partial charge is 0.342 e. The fourth-order valence-corrected chi connectivity index (χ4v) is 4.80. The summed E-state index contributed by atoms with van der Waals surface area (Å²) < 4.78 is 0. The maximum Gasteiger partial charge on any atom is 0.254 e. The fourth-order valence-electron chi connectivity index (χ4n) is 4.80. The summed E-state index contributed by atoms with van der Waals surface area (Å²) in [6, 6.07) is 7.45. The molecule has 0 spiro atoms. The Kier molecular flexibility index (Phi) is 3.87. The van der Waals surface area contributed by atoms with Crippen LogP contribution in [0.2, 0.25) is 0 Å². The number of carbonyl (C=O) groups excluding carboxylic acids is 2. The molecule has 7 heteroatoms. The lowest BCUT2D eigenvalue weighted by Gasteiger charge is -2.34. The standard InChI is InChI=1S/C20H23N5O2/c1-24-10-8-13-17(24)11-15(22-13)20(27)25-16-7-3-2-5-12(16)19(26)23-14-6-4-9-21-18(14)25/h2-7,9,13-15,17-18,22H,8,10-11H2,1H3,(H,23,26). The Morgan fingerprint density at radius 2 is 2.15 bits per heavy atom. The molecule has 0 radical (unpaired) electrons. The molecule has 0 aromatic heterocycles. The van der Waals surface area contributed by atoms with Crippen molar-refractivity contribution < 1.29 is 9.59 Å². The third-order valence-corrected chi connectivity index (χ3v) is 6.19. The Hall–Kier alpha value is -2.51. The highest BCUT2D eigenvalue weighted by Crippen LogP contribution is 2.33. The molecule has 27 heavy (non-hydrogen) atoms. The first kappa shape index (κ1) is 16.6. The zero-order valence-corrected chi connectivity index (χ0v) is 15.2. The van der Waals surface area contributed by atoms with Gasteiger partial charge in [-0.25, -0.2) is 0 Å². The molecule has 5 rings (SSSR count). The predicted molar refractivity (Wildman–Crippen MR) is 103 cm³/mol. The third kappa shape index (κ3) is 2.61. The van der Waals surface area contributed by atoms with Crippen LogP contribution in [0, 0.1) is 0 Å². The van der Waals surface area contributed by atoms with Crippen molar-refractivity contribution in [3.63, 3.8) is 0 Å². The molecule has 0 saturated carbocycles. The second-order valence-electron chi connectivity index (χ2n) is 7.72. The topological polar surface area (TPSA) is 77.0 Å². The monoisotopic (exact) mass is 365 g/mol. The first-order valence-electron chi connectivity index (χ1n) is 9.53. The van der Waals surface area contributed by atoms with Gasteiger partial charge in [0.05, 0.1) is 23.3 Å². The SMILES string of the molecule is CN1CCC2NC(C(=O)N3c4ccccc4C(=O)NC4C=CC=NC43)CC21. The number of nitrogens with zero attached hydrogens (tertiary/aromatic N) is 3. The van der Waals surface area contributed by atoms with Crippen molar-refractivity contribution in [1.29, 1.82) is 0 Å². The van der Waals surface area contributed by atoms with E-state index in [-0.39, 0.29) is 23.9 Å². The minimum absolute atomic E-state index is 0.0100. The van der Waals surface area contributed by atoms with Crippen molar-refractivity contribution >= 4 is 23.7 Å². The van der Waals surface area contributed by atoms with Crippen LogP contribution >= 0.6 is 0 Å². The number of amides is 2. The molecule has 5 unspecified atom stereocenters. The summed E-state index contributed by atoms with van der Waals surface area (Å²) in [5.74, 6) is -0.183. The molecule has 2 amide bonds. The number of aliphatic imine (C=N–C) groups is 1. The Labute approximate surface area is 158 Å². The van der Waals surface area contributed by atoms with Crippen LogP contribution in [-0.2, 0) is 4.79 Å². The lowest BCUT2D eigenvalue weighted by Crippen LogP contribution is -2.55. The molecule has 1 aromatic rings.